The van der Waals surface area contributed by atoms with Gasteiger partial charge in [-0.05, 0) is 59.0 Å². The smallest absolute Gasteiger partial charge is 0.416 e. The topological polar surface area (TPSA) is 86.7 Å². The predicted octanol–water partition coefficient (Wildman–Crippen LogP) is 5.83. The van der Waals surface area contributed by atoms with Crippen LogP contribution in [-0.4, -0.2) is 33.8 Å². The van der Waals surface area contributed by atoms with Gasteiger partial charge in [-0.2, -0.15) is 13.2 Å². The molecule has 1 atom stereocenters. The molecule has 2 N–H and O–H groups in total. The van der Waals surface area contributed by atoms with Gasteiger partial charge in [0.1, 0.15) is 11.9 Å². The second kappa shape index (κ2) is 9.68. The van der Waals surface area contributed by atoms with Crippen LogP contribution < -0.4 is 5.32 Å². The molecule has 3 aromatic rings. The van der Waals surface area contributed by atoms with Crippen molar-refractivity contribution >= 4 is 23.5 Å². The van der Waals surface area contributed by atoms with Gasteiger partial charge in [0, 0.05) is 17.8 Å². The molecule has 0 aromatic heterocycles. The number of nitrogens with zero attached hydrogens (tertiary/aromatic N) is 1. The van der Waals surface area contributed by atoms with Crippen LogP contribution in [0, 0.1) is 11.7 Å². The van der Waals surface area contributed by atoms with Crippen LogP contribution in [0.3, 0.4) is 0 Å². The third-order valence-corrected chi connectivity index (χ3v) is 6.18. The van der Waals surface area contributed by atoms with Crippen molar-refractivity contribution in [3.8, 4) is 11.1 Å². The fourth-order valence-corrected chi connectivity index (χ4v) is 4.33. The minimum atomic E-state index is -4.72. The van der Waals surface area contributed by atoms with E-state index in [1.54, 1.807) is 44.2 Å². The van der Waals surface area contributed by atoms with Gasteiger partial charge in [-0.3, -0.25) is 9.59 Å². The molecule has 6 nitrogen and oxygen atoms in total. The molecule has 0 fully saturated rings. The molecular formula is C27H22F4N2O4. The Labute approximate surface area is 209 Å². The molecule has 1 aliphatic rings. The first-order valence-electron chi connectivity index (χ1n) is 11.3. The van der Waals surface area contributed by atoms with Crippen molar-refractivity contribution in [1.82, 2.24) is 4.90 Å². The molecule has 0 saturated carbocycles. The van der Waals surface area contributed by atoms with Crippen LogP contribution in [0.2, 0.25) is 0 Å². The fourth-order valence-electron chi connectivity index (χ4n) is 4.33. The number of carboxylic acids is 1. The number of hydrogen-bond donors (Lipinski definition) is 2. The Morgan fingerprint density at radius 3 is 2.19 bits per heavy atom. The van der Waals surface area contributed by atoms with Gasteiger partial charge in [0.05, 0.1) is 11.1 Å². The number of benzene rings is 3. The van der Waals surface area contributed by atoms with Crippen LogP contribution in [0.15, 0.2) is 60.7 Å². The first kappa shape index (κ1) is 25.9. The number of carboxylic acid groups (broad SMARTS) is 1. The van der Waals surface area contributed by atoms with Crippen LogP contribution in [0.1, 0.15) is 45.7 Å². The largest absolute Gasteiger partial charge is 0.480 e. The number of alkyl halides is 3. The van der Waals surface area contributed by atoms with E-state index < -0.39 is 41.0 Å². The normalized spacial score (nSPS) is 14.0. The molecule has 3 aromatic carbocycles. The van der Waals surface area contributed by atoms with Gasteiger partial charge >= 0.3 is 12.1 Å². The Balaban J connectivity index is 1.50. The third kappa shape index (κ3) is 5.18. The van der Waals surface area contributed by atoms with Gasteiger partial charge in [0.15, 0.2) is 0 Å². The number of fused-ring (bicyclic) bond motifs is 1. The Morgan fingerprint density at radius 1 is 0.973 bits per heavy atom. The zero-order valence-corrected chi connectivity index (χ0v) is 19.8. The van der Waals surface area contributed by atoms with Gasteiger partial charge in [-0.15, -0.1) is 0 Å². The van der Waals surface area contributed by atoms with Crippen LogP contribution in [0.5, 0.6) is 0 Å². The Kier molecular flexibility index (Phi) is 6.77. The van der Waals surface area contributed by atoms with E-state index in [9.17, 15) is 37.1 Å². The Bertz CT molecular complexity index is 1380. The van der Waals surface area contributed by atoms with Crippen molar-refractivity contribution in [3.05, 3.63) is 88.7 Å². The molecule has 37 heavy (non-hydrogen) atoms. The summed E-state index contributed by atoms with van der Waals surface area (Å²) >= 11 is 0. The maximum atomic E-state index is 14.1. The maximum absolute atomic E-state index is 14.1. The number of nitrogens with one attached hydrogen (secondary N) is 1. The number of anilines is 1. The minimum absolute atomic E-state index is 0.203. The van der Waals surface area contributed by atoms with Crippen molar-refractivity contribution in [2.75, 3.05) is 5.32 Å². The number of amides is 2. The van der Waals surface area contributed by atoms with E-state index in [4.69, 9.17) is 0 Å². The lowest BCUT2D eigenvalue weighted by atomic mass is 10.00. The first-order valence-corrected chi connectivity index (χ1v) is 11.3. The van der Waals surface area contributed by atoms with E-state index in [1.807, 2.05) is 0 Å². The van der Waals surface area contributed by atoms with Gasteiger partial charge in [0.2, 0.25) is 0 Å². The highest BCUT2D eigenvalue weighted by Crippen LogP contribution is 2.32. The van der Waals surface area contributed by atoms with E-state index in [0.717, 1.165) is 11.6 Å². The zero-order chi connectivity index (χ0) is 27.1. The van der Waals surface area contributed by atoms with Crippen molar-refractivity contribution < 1.29 is 37.1 Å². The molecule has 0 radical (unpaired) electrons. The zero-order valence-electron chi connectivity index (χ0n) is 19.8. The molecule has 0 spiro atoms. The fraction of sp³-hybridized carbons (Fsp3) is 0.222. The quantitative estimate of drug-likeness (QED) is 0.406. The van der Waals surface area contributed by atoms with Crippen LogP contribution in [0.4, 0.5) is 23.2 Å². The van der Waals surface area contributed by atoms with Gasteiger partial charge in [-0.1, -0.05) is 38.1 Å². The van der Waals surface area contributed by atoms with Crippen LogP contribution in [-0.2, 0) is 17.5 Å². The minimum Gasteiger partial charge on any atom is -0.480 e. The Hall–Kier alpha value is -4.21. The van der Waals surface area contributed by atoms with Gasteiger partial charge in [-0.25, -0.2) is 9.18 Å². The van der Waals surface area contributed by atoms with E-state index in [2.05, 4.69) is 5.32 Å². The average molecular weight is 514 g/mol. The van der Waals surface area contributed by atoms with Crippen molar-refractivity contribution in [1.29, 1.82) is 0 Å². The SMILES string of the molecule is CC(C)[C@@H](C(=O)O)N1Cc2ccc(-c3ccc(NC(=O)c4ccc(C(F)(F)F)cc4F)cc3)cc2C1=O. The molecule has 0 aliphatic carbocycles. The summed E-state index contributed by atoms with van der Waals surface area (Å²) in [5, 5.41) is 12.0. The molecule has 192 valence electrons. The lowest BCUT2D eigenvalue weighted by molar-refractivity contribution is -0.144. The number of hydrogen-bond acceptors (Lipinski definition) is 3. The summed E-state index contributed by atoms with van der Waals surface area (Å²) in [5.41, 5.74) is 1.10. The lowest BCUT2D eigenvalue weighted by Crippen LogP contribution is -2.44. The van der Waals surface area contributed by atoms with E-state index in [-0.39, 0.29) is 30.1 Å². The maximum Gasteiger partial charge on any atom is 0.416 e. The van der Waals surface area contributed by atoms with Gasteiger partial charge < -0.3 is 15.3 Å². The molecule has 10 heteroatoms. The molecule has 0 unspecified atom stereocenters. The highest BCUT2D eigenvalue weighted by Gasteiger charge is 2.38. The highest BCUT2D eigenvalue weighted by molar-refractivity contribution is 6.04. The number of aliphatic carboxylic acids is 1. The van der Waals surface area contributed by atoms with E-state index >= 15 is 0 Å². The van der Waals surface area contributed by atoms with Crippen molar-refractivity contribution in [2.45, 2.75) is 32.6 Å². The average Bonchev–Trinajstić information content (AvgIpc) is 3.13. The summed E-state index contributed by atoms with van der Waals surface area (Å²) in [6.45, 7) is 3.69. The van der Waals surface area contributed by atoms with Crippen molar-refractivity contribution in [2.24, 2.45) is 5.92 Å². The highest BCUT2D eigenvalue weighted by atomic mass is 19.4. The predicted molar refractivity (Wildman–Crippen MR) is 127 cm³/mol. The molecule has 1 aliphatic heterocycles. The number of carbonyl (C=O) groups excluding carboxylic acids is 2. The van der Waals surface area contributed by atoms with Crippen LogP contribution in [0.25, 0.3) is 11.1 Å². The van der Waals surface area contributed by atoms with Gasteiger partial charge in [0.25, 0.3) is 11.8 Å². The number of halogens is 4. The summed E-state index contributed by atoms with van der Waals surface area (Å²) in [6, 6.07) is 12.4. The molecule has 0 saturated heterocycles. The van der Waals surface area contributed by atoms with Crippen molar-refractivity contribution in [3.63, 3.8) is 0 Å². The standard InChI is InChI=1S/C27H22F4N2O4/c1-14(2)23(26(36)37)33-13-17-4-3-16(11-21(17)25(33)35)15-5-8-19(9-6-15)32-24(34)20-10-7-18(12-22(20)28)27(29,30)31/h3-12,14,23H,13H2,1-2H3,(H,32,34)(H,36,37)/t23-/m0/s1. The molecule has 1 heterocycles. The lowest BCUT2D eigenvalue weighted by Gasteiger charge is -2.27. The summed E-state index contributed by atoms with van der Waals surface area (Å²) < 4.78 is 52.3. The monoisotopic (exact) mass is 514 g/mol. The molecule has 2 amide bonds. The second-order valence-corrected chi connectivity index (χ2v) is 9.06. The molecule has 0 bridgehead atoms. The number of carbonyl (C=O) groups is 3. The number of rotatable bonds is 6. The second-order valence-electron chi connectivity index (χ2n) is 9.06. The third-order valence-electron chi connectivity index (χ3n) is 6.18. The van der Waals surface area contributed by atoms with Crippen LogP contribution >= 0.6 is 0 Å². The van der Waals surface area contributed by atoms with E-state index in [0.29, 0.717) is 22.8 Å². The van der Waals surface area contributed by atoms with E-state index in [1.165, 1.54) is 17.0 Å². The summed E-state index contributed by atoms with van der Waals surface area (Å²) in [7, 11) is 0. The first-order chi connectivity index (χ1) is 17.4. The summed E-state index contributed by atoms with van der Waals surface area (Å²) in [5.74, 6) is -3.89. The molecule has 4 rings (SSSR count). The molecular weight excluding hydrogens is 492 g/mol. The summed E-state index contributed by atoms with van der Waals surface area (Å²) in [6.07, 6.45) is -4.72. The Morgan fingerprint density at radius 2 is 1.62 bits per heavy atom. The summed E-state index contributed by atoms with van der Waals surface area (Å²) in [4.78, 5) is 38.4.